The minimum Gasteiger partial charge on any atom is -0.391 e. The van der Waals surface area contributed by atoms with Crippen molar-refractivity contribution in [2.24, 2.45) is 0 Å². The molecule has 1 saturated carbocycles. The van der Waals surface area contributed by atoms with Gasteiger partial charge in [0.1, 0.15) is 5.82 Å². The van der Waals surface area contributed by atoms with Crippen LogP contribution in [0, 0.1) is 5.82 Å². The zero-order valence-electron chi connectivity index (χ0n) is 12.3. The van der Waals surface area contributed by atoms with Crippen LogP contribution in [-0.4, -0.2) is 34.7 Å². The van der Waals surface area contributed by atoms with Crippen molar-refractivity contribution in [1.29, 1.82) is 0 Å². The molecule has 3 rings (SSSR count). The highest BCUT2D eigenvalue weighted by molar-refractivity contribution is 6.30. The third-order valence-electron chi connectivity index (χ3n) is 5.25. The van der Waals surface area contributed by atoms with E-state index in [-0.39, 0.29) is 11.4 Å². The molecule has 1 heterocycles. The standard InChI is InChI=1S/C17H23ClFNO/c18-14-5-6-15(19)13(11-14)12-16(21)17(7-1-2-8-17)20-9-3-4-10-20/h5-6,11,16,21H,1-4,7-10,12H2. The highest BCUT2D eigenvalue weighted by Crippen LogP contribution is 2.41. The summed E-state index contributed by atoms with van der Waals surface area (Å²) < 4.78 is 13.9. The van der Waals surface area contributed by atoms with Crippen LogP contribution in [0.3, 0.4) is 0 Å². The number of halogens is 2. The van der Waals surface area contributed by atoms with Crippen molar-refractivity contribution in [2.75, 3.05) is 13.1 Å². The van der Waals surface area contributed by atoms with E-state index in [2.05, 4.69) is 4.90 Å². The molecular weight excluding hydrogens is 289 g/mol. The minimum atomic E-state index is -0.522. The van der Waals surface area contributed by atoms with Gasteiger partial charge in [0.15, 0.2) is 0 Å². The first-order valence-corrected chi connectivity index (χ1v) is 8.37. The fourth-order valence-corrected chi connectivity index (χ4v) is 4.30. The minimum absolute atomic E-state index is 0.148. The number of likely N-dealkylation sites (tertiary alicyclic amines) is 1. The van der Waals surface area contributed by atoms with Gasteiger partial charge in [-0.1, -0.05) is 24.4 Å². The Kier molecular flexibility index (Phi) is 4.53. The predicted molar refractivity (Wildman–Crippen MR) is 83.1 cm³/mol. The van der Waals surface area contributed by atoms with Gasteiger partial charge in [0.25, 0.3) is 0 Å². The fourth-order valence-electron chi connectivity index (χ4n) is 4.11. The van der Waals surface area contributed by atoms with Crippen molar-refractivity contribution in [1.82, 2.24) is 4.90 Å². The summed E-state index contributed by atoms with van der Waals surface area (Å²) in [6.07, 6.45) is 6.61. The Morgan fingerprint density at radius 2 is 1.86 bits per heavy atom. The summed E-state index contributed by atoms with van der Waals surface area (Å²) in [7, 11) is 0. The van der Waals surface area contributed by atoms with Crippen molar-refractivity contribution in [3.8, 4) is 0 Å². The number of rotatable bonds is 4. The maximum Gasteiger partial charge on any atom is 0.126 e. The largest absolute Gasteiger partial charge is 0.391 e. The van der Waals surface area contributed by atoms with Gasteiger partial charge in [-0.05, 0) is 62.5 Å². The smallest absolute Gasteiger partial charge is 0.126 e. The Morgan fingerprint density at radius 3 is 2.52 bits per heavy atom. The number of nitrogens with zero attached hydrogens (tertiary/aromatic N) is 1. The molecule has 1 N–H and O–H groups in total. The summed E-state index contributed by atoms with van der Waals surface area (Å²) in [5.74, 6) is -0.270. The first kappa shape index (κ1) is 15.3. The Hall–Kier alpha value is -0.640. The Morgan fingerprint density at radius 1 is 1.19 bits per heavy atom. The molecule has 0 bridgehead atoms. The molecule has 0 aromatic heterocycles. The van der Waals surface area contributed by atoms with Gasteiger partial charge in [-0.2, -0.15) is 0 Å². The molecule has 2 nitrogen and oxygen atoms in total. The molecule has 21 heavy (non-hydrogen) atoms. The molecule has 0 spiro atoms. The summed E-state index contributed by atoms with van der Waals surface area (Å²) in [6.45, 7) is 2.13. The Labute approximate surface area is 130 Å². The summed E-state index contributed by atoms with van der Waals surface area (Å²) in [5, 5.41) is 11.4. The van der Waals surface area contributed by atoms with Crippen LogP contribution in [-0.2, 0) is 6.42 Å². The van der Waals surface area contributed by atoms with E-state index >= 15 is 0 Å². The first-order chi connectivity index (χ1) is 10.1. The average molecular weight is 312 g/mol. The van der Waals surface area contributed by atoms with E-state index in [4.69, 9.17) is 11.6 Å². The maximum absolute atomic E-state index is 13.9. The third kappa shape index (κ3) is 2.96. The number of aliphatic hydroxyl groups excluding tert-OH is 1. The van der Waals surface area contributed by atoms with Crippen molar-refractivity contribution < 1.29 is 9.50 Å². The molecule has 2 aliphatic rings. The lowest BCUT2D eigenvalue weighted by atomic mass is 9.84. The van der Waals surface area contributed by atoms with Crippen LogP contribution in [0.1, 0.15) is 44.1 Å². The van der Waals surface area contributed by atoms with Crippen molar-refractivity contribution >= 4 is 11.6 Å². The van der Waals surface area contributed by atoms with Crippen molar-refractivity contribution in [3.05, 3.63) is 34.6 Å². The monoisotopic (exact) mass is 311 g/mol. The molecule has 1 saturated heterocycles. The lowest BCUT2D eigenvalue weighted by molar-refractivity contribution is -0.0175. The average Bonchev–Trinajstić information content (AvgIpc) is 3.13. The quantitative estimate of drug-likeness (QED) is 0.914. The summed E-state index contributed by atoms with van der Waals surface area (Å²) >= 11 is 5.96. The number of benzene rings is 1. The van der Waals surface area contributed by atoms with Gasteiger partial charge in [-0.3, -0.25) is 4.90 Å². The van der Waals surface area contributed by atoms with E-state index in [1.165, 1.54) is 18.9 Å². The van der Waals surface area contributed by atoms with Gasteiger partial charge < -0.3 is 5.11 Å². The Bertz CT molecular complexity index is 496. The van der Waals surface area contributed by atoms with Crippen LogP contribution in [0.4, 0.5) is 4.39 Å². The van der Waals surface area contributed by atoms with Gasteiger partial charge >= 0.3 is 0 Å². The molecule has 0 radical (unpaired) electrons. The molecule has 1 aliphatic carbocycles. The van der Waals surface area contributed by atoms with E-state index in [1.807, 2.05) is 0 Å². The second kappa shape index (κ2) is 6.23. The van der Waals surface area contributed by atoms with E-state index in [0.717, 1.165) is 38.8 Å². The highest BCUT2D eigenvalue weighted by Gasteiger charge is 2.46. The highest BCUT2D eigenvalue weighted by atomic mass is 35.5. The molecule has 2 fully saturated rings. The second-order valence-electron chi connectivity index (χ2n) is 6.46. The lowest BCUT2D eigenvalue weighted by Gasteiger charge is -2.42. The normalized spacial score (nSPS) is 23.6. The molecule has 1 aromatic rings. The molecule has 1 aromatic carbocycles. The summed E-state index contributed by atoms with van der Waals surface area (Å²) in [5.41, 5.74) is 0.381. The topological polar surface area (TPSA) is 23.5 Å². The van der Waals surface area contributed by atoms with Gasteiger partial charge in [-0.25, -0.2) is 4.39 Å². The van der Waals surface area contributed by atoms with Crippen molar-refractivity contribution in [2.45, 2.75) is 56.6 Å². The van der Waals surface area contributed by atoms with E-state index in [0.29, 0.717) is 17.0 Å². The van der Waals surface area contributed by atoms with Crippen LogP contribution < -0.4 is 0 Å². The van der Waals surface area contributed by atoms with E-state index in [9.17, 15) is 9.50 Å². The van der Waals surface area contributed by atoms with Gasteiger partial charge in [-0.15, -0.1) is 0 Å². The molecule has 116 valence electrons. The van der Waals surface area contributed by atoms with Gasteiger partial charge in [0, 0.05) is 17.0 Å². The number of hydrogen-bond acceptors (Lipinski definition) is 2. The van der Waals surface area contributed by atoms with Crippen LogP contribution >= 0.6 is 11.6 Å². The van der Waals surface area contributed by atoms with E-state index < -0.39 is 6.10 Å². The fraction of sp³-hybridized carbons (Fsp3) is 0.647. The van der Waals surface area contributed by atoms with Crippen molar-refractivity contribution in [3.63, 3.8) is 0 Å². The van der Waals surface area contributed by atoms with Crippen LogP contribution in [0.25, 0.3) is 0 Å². The zero-order chi connectivity index (χ0) is 14.9. The van der Waals surface area contributed by atoms with Gasteiger partial charge in [0.05, 0.1) is 6.10 Å². The number of hydrogen-bond donors (Lipinski definition) is 1. The van der Waals surface area contributed by atoms with Crippen LogP contribution in [0.5, 0.6) is 0 Å². The third-order valence-corrected chi connectivity index (χ3v) is 5.48. The van der Waals surface area contributed by atoms with Crippen LogP contribution in [0.15, 0.2) is 18.2 Å². The SMILES string of the molecule is OC(Cc1cc(Cl)ccc1F)C1(N2CCCC2)CCCC1. The lowest BCUT2D eigenvalue weighted by Crippen LogP contribution is -2.54. The molecule has 1 unspecified atom stereocenters. The van der Waals surface area contributed by atoms with Gasteiger partial charge in [0.2, 0.25) is 0 Å². The zero-order valence-corrected chi connectivity index (χ0v) is 13.1. The molecule has 0 amide bonds. The maximum atomic E-state index is 13.9. The van der Waals surface area contributed by atoms with Crippen LogP contribution in [0.2, 0.25) is 5.02 Å². The molecule has 4 heteroatoms. The summed E-state index contributed by atoms with van der Waals surface area (Å²) in [4.78, 5) is 2.45. The molecular formula is C17H23ClFNO. The molecule has 1 atom stereocenters. The second-order valence-corrected chi connectivity index (χ2v) is 6.90. The molecule has 1 aliphatic heterocycles. The summed E-state index contributed by atoms with van der Waals surface area (Å²) in [6, 6.07) is 4.59. The van der Waals surface area contributed by atoms with E-state index in [1.54, 1.807) is 12.1 Å². The first-order valence-electron chi connectivity index (χ1n) is 7.99. The Balaban J connectivity index is 1.81. The number of aliphatic hydroxyl groups is 1. The predicted octanol–water partition coefficient (Wildman–Crippen LogP) is 3.79.